The number of carbonyl (C=O) groups excluding carboxylic acids is 1. The molecule has 0 fully saturated rings. The third-order valence-corrected chi connectivity index (χ3v) is 4.01. The first-order chi connectivity index (χ1) is 9.43. The van der Waals surface area contributed by atoms with E-state index in [-0.39, 0.29) is 15.5 Å². The molecule has 0 aromatic heterocycles. The monoisotopic (exact) mass is 345 g/mol. The van der Waals surface area contributed by atoms with Gasteiger partial charge in [-0.1, -0.05) is 11.6 Å². The number of benzene rings is 1. The van der Waals surface area contributed by atoms with Gasteiger partial charge in [-0.3, -0.25) is 4.79 Å². The number of halogens is 4. The Bertz CT molecular complexity index is 645. The van der Waals surface area contributed by atoms with E-state index in [1.807, 2.05) is 5.32 Å². The molecule has 21 heavy (non-hydrogen) atoms. The van der Waals surface area contributed by atoms with Gasteiger partial charge in [0.1, 0.15) is 0 Å². The minimum Gasteiger partial charge on any atom is -0.382 e. The summed E-state index contributed by atoms with van der Waals surface area (Å²) in [4.78, 5) is 11.3. The second kappa shape index (κ2) is 6.20. The average molecular weight is 346 g/mol. The van der Waals surface area contributed by atoms with Crippen molar-refractivity contribution in [3.05, 3.63) is 28.8 Å². The van der Waals surface area contributed by atoms with E-state index in [1.54, 1.807) is 0 Å². The van der Waals surface area contributed by atoms with Crippen molar-refractivity contribution in [3.63, 3.8) is 0 Å². The van der Waals surface area contributed by atoms with Crippen LogP contribution >= 0.6 is 11.6 Å². The maximum Gasteiger partial charge on any atom is 0.416 e. The van der Waals surface area contributed by atoms with E-state index >= 15 is 0 Å². The molecule has 0 aliphatic carbocycles. The lowest BCUT2D eigenvalue weighted by molar-refractivity contribution is -0.201. The van der Waals surface area contributed by atoms with Crippen molar-refractivity contribution in [2.75, 3.05) is 12.8 Å². The highest BCUT2D eigenvalue weighted by Crippen LogP contribution is 2.23. The molecule has 0 aliphatic rings. The number of aliphatic hydroxyl groups excluding tert-OH is 1. The number of amides is 1. The minimum absolute atomic E-state index is 0.107. The Morgan fingerprint density at radius 2 is 2.00 bits per heavy atom. The summed E-state index contributed by atoms with van der Waals surface area (Å²) in [7, 11) is -3.69. The second-order valence-corrected chi connectivity index (χ2v) is 6.58. The summed E-state index contributed by atoms with van der Waals surface area (Å²) in [6.45, 7) is -1.04. The quantitative estimate of drug-likeness (QED) is 0.864. The van der Waals surface area contributed by atoms with Gasteiger partial charge in [0.15, 0.2) is 15.9 Å². The van der Waals surface area contributed by atoms with Gasteiger partial charge in [-0.2, -0.15) is 13.2 Å². The van der Waals surface area contributed by atoms with Crippen molar-refractivity contribution in [1.82, 2.24) is 5.32 Å². The Labute approximate surface area is 123 Å². The summed E-state index contributed by atoms with van der Waals surface area (Å²) in [5, 5.41) is 10.5. The summed E-state index contributed by atoms with van der Waals surface area (Å²) in [5.74, 6) is -0.958. The second-order valence-electron chi connectivity index (χ2n) is 4.18. The fourth-order valence-electron chi connectivity index (χ4n) is 1.34. The minimum atomic E-state index is -4.86. The van der Waals surface area contributed by atoms with Crippen molar-refractivity contribution in [1.29, 1.82) is 0 Å². The van der Waals surface area contributed by atoms with E-state index < -0.39 is 34.6 Å². The van der Waals surface area contributed by atoms with Crippen LogP contribution in [0.2, 0.25) is 5.02 Å². The zero-order valence-electron chi connectivity index (χ0n) is 10.6. The van der Waals surface area contributed by atoms with Gasteiger partial charge < -0.3 is 10.4 Å². The van der Waals surface area contributed by atoms with Crippen LogP contribution in [0.5, 0.6) is 0 Å². The van der Waals surface area contributed by atoms with Gasteiger partial charge in [-0.05, 0) is 18.2 Å². The van der Waals surface area contributed by atoms with Crippen LogP contribution in [0, 0.1) is 0 Å². The summed E-state index contributed by atoms with van der Waals surface area (Å²) in [6.07, 6.45) is -6.68. The third-order valence-electron chi connectivity index (χ3n) is 2.43. The predicted octanol–water partition coefficient (Wildman–Crippen LogP) is 1.40. The Kier molecular flexibility index (Phi) is 5.24. The van der Waals surface area contributed by atoms with Crippen LogP contribution in [0.4, 0.5) is 13.2 Å². The molecule has 0 bridgehead atoms. The van der Waals surface area contributed by atoms with Gasteiger partial charge in [0.2, 0.25) is 0 Å². The molecule has 0 heterocycles. The fraction of sp³-hybridized carbons (Fsp3) is 0.364. The van der Waals surface area contributed by atoms with Crippen molar-refractivity contribution < 1.29 is 31.5 Å². The van der Waals surface area contributed by atoms with E-state index in [0.717, 1.165) is 24.5 Å². The molecular weight excluding hydrogens is 335 g/mol. The normalized spacial score (nSPS) is 13.8. The van der Waals surface area contributed by atoms with Crippen LogP contribution in [0.25, 0.3) is 0 Å². The van der Waals surface area contributed by atoms with E-state index in [9.17, 15) is 26.4 Å². The number of carbonyl (C=O) groups is 1. The highest BCUT2D eigenvalue weighted by molar-refractivity contribution is 7.90. The van der Waals surface area contributed by atoms with Gasteiger partial charge in [0.25, 0.3) is 5.91 Å². The molecular formula is C11H11ClF3NO4S. The fourth-order valence-corrected chi connectivity index (χ4v) is 2.64. The van der Waals surface area contributed by atoms with Gasteiger partial charge in [-0.25, -0.2) is 8.42 Å². The van der Waals surface area contributed by atoms with Crippen LogP contribution in [0.1, 0.15) is 10.4 Å². The summed E-state index contributed by atoms with van der Waals surface area (Å²) < 4.78 is 59.1. The van der Waals surface area contributed by atoms with Gasteiger partial charge in [0.05, 0.1) is 16.5 Å². The zero-order valence-corrected chi connectivity index (χ0v) is 12.2. The smallest absolute Gasteiger partial charge is 0.382 e. The van der Waals surface area contributed by atoms with Crippen molar-refractivity contribution in [2.45, 2.75) is 17.2 Å². The molecule has 118 valence electrons. The molecule has 5 nitrogen and oxygen atoms in total. The molecule has 1 atom stereocenters. The average Bonchev–Trinajstić information content (AvgIpc) is 2.33. The van der Waals surface area contributed by atoms with E-state index in [0.29, 0.717) is 0 Å². The van der Waals surface area contributed by atoms with Crippen LogP contribution in [0.15, 0.2) is 23.1 Å². The molecule has 2 N–H and O–H groups in total. The molecule has 0 saturated carbocycles. The molecule has 10 heteroatoms. The van der Waals surface area contributed by atoms with Crippen LogP contribution in [0.3, 0.4) is 0 Å². The van der Waals surface area contributed by atoms with Crippen LogP contribution < -0.4 is 5.32 Å². The number of nitrogens with one attached hydrogen (secondary N) is 1. The Morgan fingerprint density at radius 3 is 2.48 bits per heavy atom. The Morgan fingerprint density at radius 1 is 1.43 bits per heavy atom. The highest BCUT2D eigenvalue weighted by atomic mass is 35.5. The van der Waals surface area contributed by atoms with Crippen molar-refractivity contribution >= 4 is 27.3 Å². The van der Waals surface area contributed by atoms with E-state index in [4.69, 9.17) is 16.7 Å². The molecule has 1 amide bonds. The summed E-state index contributed by atoms with van der Waals surface area (Å²) in [6, 6.07) is 3.26. The van der Waals surface area contributed by atoms with Crippen LogP contribution in [-0.4, -0.2) is 44.5 Å². The maximum absolute atomic E-state index is 12.1. The van der Waals surface area contributed by atoms with E-state index in [2.05, 4.69) is 0 Å². The molecule has 1 unspecified atom stereocenters. The summed E-state index contributed by atoms with van der Waals surface area (Å²) >= 11 is 5.67. The van der Waals surface area contributed by atoms with Crippen LogP contribution in [-0.2, 0) is 9.84 Å². The lowest BCUT2D eigenvalue weighted by atomic mass is 10.2. The Balaban J connectivity index is 2.90. The lowest BCUT2D eigenvalue weighted by Gasteiger charge is -2.15. The predicted molar refractivity (Wildman–Crippen MR) is 69.0 cm³/mol. The molecule has 1 aromatic carbocycles. The molecule has 0 spiro atoms. The first kappa shape index (κ1) is 17.7. The lowest BCUT2D eigenvalue weighted by Crippen LogP contribution is -2.40. The number of hydrogen-bond acceptors (Lipinski definition) is 4. The zero-order chi connectivity index (χ0) is 16.4. The largest absolute Gasteiger partial charge is 0.416 e. The standard InChI is InChI=1S/C11H11ClF3NO4S/c1-21(19,20)8-4-6(2-3-7(8)12)10(18)16-5-9(17)11(13,14)15/h2-4,9,17H,5H2,1H3,(H,16,18). The van der Waals surface area contributed by atoms with Gasteiger partial charge >= 0.3 is 6.18 Å². The molecule has 0 aliphatic heterocycles. The molecule has 0 saturated heterocycles. The number of hydrogen-bond donors (Lipinski definition) is 2. The number of sulfone groups is 1. The van der Waals surface area contributed by atoms with Crippen molar-refractivity contribution in [3.8, 4) is 0 Å². The third kappa shape index (κ3) is 4.87. The highest BCUT2D eigenvalue weighted by Gasteiger charge is 2.38. The van der Waals surface area contributed by atoms with Crippen molar-refractivity contribution in [2.24, 2.45) is 0 Å². The SMILES string of the molecule is CS(=O)(=O)c1cc(C(=O)NCC(O)C(F)(F)F)ccc1Cl. The first-order valence-electron chi connectivity index (χ1n) is 5.45. The topological polar surface area (TPSA) is 83.5 Å². The molecule has 1 aromatic rings. The summed E-state index contributed by atoms with van der Waals surface area (Å²) in [5.41, 5.74) is -0.186. The molecule has 1 rings (SSSR count). The maximum atomic E-state index is 12.1. The number of alkyl halides is 3. The van der Waals surface area contributed by atoms with E-state index in [1.165, 1.54) is 0 Å². The number of aliphatic hydroxyl groups is 1. The first-order valence-corrected chi connectivity index (χ1v) is 7.72. The number of rotatable bonds is 4. The Hall–Kier alpha value is -1.32. The van der Waals surface area contributed by atoms with Gasteiger partial charge in [-0.15, -0.1) is 0 Å². The van der Waals surface area contributed by atoms with Gasteiger partial charge in [0, 0.05) is 11.8 Å². The molecule has 0 radical (unpaired) electrons.